The molecule has 6 heteroatoms. The highest BCUT2D eigenvalue weighted by Crippen LogP contribution is 2.31. The van der Waals surface area contributed by atoms with Crippen LogP contribution in [0.4, 0.5) is 0 Å². The summed E-state index contributed by atoms with van der Waals surface area (Å²) < 4.78 is 5.33. The topological polar surface area (TPSA) is 49.9 Å². The summed E-state index contributed by atoms with van der Waals surface area (Å²) >= 11 is 6.09. The van der Waals surface area contributed by atoms with Gasteiger partial charge in [-0.1, -0.05) is 18.5 Å². The molecule has 1 saturated carbocycles. The molecule has 0 radical (unpaired) electrons. The summed E-state index contributed by atoms with van der Waals surface area (Å²) in [6.45, 7) is 2.86. The maximum absolute atomic E-state index is 13.2. The van der Waals surface area contributed by atoms with Crippen molar-refractivity contribution in [1.29, 1.82) is 0 Å². The second-order valence-electron chi connectivity index (χ2n) is 7.86. The molecule has 1 atom stereocenters. The maximum Gasteiger partial charge on any atom is 0.258 e. The number of benzene rings is 1. The van der Waals surface area contributed by atoms with Gasteiger partial charge >= 0.3 is 0 Å². The number of rotatable bonds is 4. The van der Waals surface area contributed by atoms with Gasteiger partial charge in [0.1, 0.15) is 11.8 Å². The molecule has 1 aromatic carbocycles. The Bertz CT molecular complexity index is 701. The van der Waals surface area contributed by atoms with Gasteiger partial charge in [-0.3, -0.25) is 9.59 Å². The van der Waals surface area contributed by atoms with Crippen LogP contribution in [0.2, 0.25) is 5.02 Å². The number of carbonyl (C=O) groups excluding carboxylic acids is 2. The maximum atomic E-state index is 13.2. The number of likely N-dealkylation sites (N-methyl/N-ethyl adjacent to an activating group) is 1. The van der Waals surface area contributed by atoms with Gasteiger partial charge in [0, 0.05) is 24.7 Å². The van der Waals surface area contributed by atoms with E-state index < -0.39 is 6.04 Å². The smallest absolute Gasteiger partial charge is 0.258 e. The molecule has 27 heavy (non-hydrogen) atoms. The fourth-order valence-corrected chi connectivity index (χ4v) is 4.49. The number of amides is 2. The van der Waals surface area contributed by atoms with E-state index in [1.165, 1.54) is 7.11 Å². The number of carbonyl (C=O) groups is 2. The largest absolute Gasteiger partial charge is 0.496 e. The summed E-state index contributed by atoms with van der Waals surface area (Å²) in [7, 11) is 3.43. The van der Waals surface area contributed by atoms with Gasteiger partial charge in [-0.2, -0.15) is 0 Å². The summed E-state index contributed by atoms with van der Waals surface area (Å²) in [6.07, 6.45) is 5.96. The first-order valence-corrected chi connectivity index (χ1v) is 10.2. The van der Waals surface area contributed by atoms with Crippen LogP contribution in [0.1, 0.15) is 55.8 Å². The Kier molecular flexibility index (Phi) is 6.30. The summed E-state index contributed by atoms with van der Waals surface area (Å²) in [5.41, 5.74) is 0.416. The third-order valence-electron chi connectivity index (χ3n) is 6.07. The quantitative estimate of drug-likeness (QED) is 0.778. The molecular formula is C21H29ClN2O3. The van der Waals surface area contributed by atoms with E-state index in [1.807, 2.05) is 11.9 Å². The first kappa shape index (κ1) is 20.0. The van der Waals surface area contributed by atoms with Crippen molar-refractivity contribution in [1.82, 2.24) is 9.80 Å². The molecule has 2 amide bonds. The summed E-state index contributed by atoms with van der Waals surface area (Å²) in [4.78, 5) is 29.9. The Labute approximate surface area is 166 Å². The highest BCUT2D eigenvalue weighted by molar-refractivity contribution is 6.31. The number of likely N-dealkylation sites (tertiary alicyclic amines) is 1. The Morgan fingerprint density at radius 2 is 1.89 bits per heavy atom. The molecule has 3 rings (SSSR count). The van der Waals surface area contributed by atoms with Crippen LogP contribution in [0.3, 0.4) is 0 Å². The van der Waals surface area contributed by atoms with E-state index in [1.54, 1.807) is 23.1 Å². The van der Waals surface area contributed by atoms with Crippen LogP contribution < -0.4 is 4.74 Å². The van der Waals surface area contributed by atoms with Crippen molar-refractivity contribution in [3.8, 4) is 5.75 Å². The van der Waals surface area contributed by atoms with E-state index in [9.17, 15) is 9.59 Å². The lowest BCUT2D eigenvalue weighted by Crippen LogP contribution is -2.50. The lowest BCUT2D eigenvalue weighted by atomic mass is 9.86. The molecule has 2 aliphatic rings. The van der Waals surface area contributed by atoms with Gasteiger partial charge in [0.05, 0.1) is 12.7 Å². The van der Waals surface area contributed by atoms with Crippen LogP contribution in [0.15, 0.2) is 18.2 Å². The molecule has 2 fully saturated rings. The third-order valence-corrected chi connectivity index (χ3v) is 6.31. The molecule has 0 spiro atoms. The summed E-state index contributed by atoms with van der Waals surface area (Å²) in [5.74, 6) is 1.10. The minimum absolute atomic E-state index is 0.0568. The number of nitrogens with zero attached hydrogens (tertiary/aromatic N) is 2. The number of halogens is 1. The van der Waals surface area contributed by atoms with Gasteiger partial charge in [-0.15, -0.1) is 0 Å². The highest BCUT2D eigenvalue weighted by Gasteiger charge is 2.38. The van der Waals surface area contributed by atoms with Crippen molar-refractivity contribution in [2.45, 2.75) is 57.5 Å². The molecule has 5 nitrogen and oxygen atoms in total. The first-order chi connectivity index (χ1) is 12.9. The zero-order valence-corrected chi connectivity index (χ0v) is 17.2. The lowest BCUT2D eigenvalue weighted by Gasteiger charge is -2.36. The fourth-order valence-electron chi connectivity index (χ4n) is 4.31. The standard InChI is InChI=1S/C21H29ClN2O3/c1-14-6-9-16(10-7-14)23(2)21(26)18-5-4-12-24(18)20(25)17-13-15(22)8-11-19(17)27-3/h8,11,13-14,16,18H,4-7,9-10,12H2,1-3H3. The van der Waals surface area contributed by atoms with Crippen molar-refractivity contribution in [3.05, 3.63) is 28.8 Å². The molecular weight excluding hydrogens is 364 g/mol. The number of hydrogen-bond donors (Lipinski definition) is 0. The zero-order valence-electron chi connectivity index (χ0n) is 16.4. The summed E-state index contributed by atoms with van der Waals surface area (Å²) in [5, 5.41) is 0.481. The molecule has 0 bridgehead atoms. The van der Waals surface area contributed by atoms with Gasteiger partial charge in [0.2, 0.25) is 5.91 Å². The molecule has 0 N–H and O–H groups in total. The molecule has 1 aliphatic heterocycles. The minimum atomic E-state index is -0.398. The molecule has 0 aromatic heterocycles. The van der Waals surface area contributed by atoms with E-state index in [-0.39, 0.29) is 17.9 Å². The van der Waals surface area contributed by atoms with E-state index in [2.05, 4.69) is 6.92 Å². The van der Waals surface area contributed by atoms with Crippen LogP contribution in [-0.2, 0) is 4.79 Å². The average Bonchev–Trinajstić information content (AvgIpc) is 3.16. The molecule has 1 saturated heterocycles. The summed E-state index contributed by atoms with van der Waals surface area (Å²) in [6, 6.07) is 4.89. The Morgan fingerprint density at radius 1 is 1.19 bits per heavy atom. The van der Waals surface area contributed by atoms with E-state index >= 15 is 0 Å². The van der Waals surface area contributed by atoms with Crippen molar-refractivity contribution < 1.29 is 14.3 Å². The predicted molar refractivity (Wildman–Crippen MR) is 106 cm³/mol. The predicted octanol–water partition coefficient (Wildman–Crippen LogP) is 3.99. The van der Waals surface area contributed by atoms with Crippen LogP contribution >= 0.6 is 11.6 Å². The van der Waals surface area contributed by atoms with Crippen LogP contribution in [0.25, 0.3) is 0 Å². The number of ether oxygens (including phenoxy) is 1. The van der Waals surface area contributed by atoms with Crippen molar-refractivity contribution in [2.24, 2.45) is 5.92 Å². The van der Waals surface area contributed by atoms with E-state index in [4.69, 9.17) is 16.3 Å². The second kappa shape index (κ2) is 8.51. The monoisotopic (exact) mass is 392 g/mol. The lowest BCUT2D eigenvalue weighted by molar-refractivity contribution is -0.136. The SMILES string of the molecule is COc1ccc(Cl)cc1C(=O)N1CCCC1C(=O)N(C)C1CCC(C)CC1. The van der Waals surface area contributed by atoms with Crippen molar-refractivity contribution in [3.63, 3.8) is 0 Å². The van der Waals surface area contributed by atoms with Gasteiger partial charge in [0.25, 0.3) is 5.91 Å². The van der Waals surface area contributed by atoms with Crippen molar-refractivity contribution >= 4 is 23.4 Å². The molecule has 1 aromatic rings. The first-order valence-electron chi connectivity index (χ1n) is 9.83. The number of methoxy groups -OCH3 is 1. The Balaban J connectivity index is 1.75. The van der Waals surface area contributed by atoms with Crippen LogP contribution in [0.5, 0.6) is 5.75 Å². The minimum Gasteiger partial charge on any atom is -0.496 e. The van der Waals surface area contributed by atoms with Crippen molar-refractivity contribution in [2.75, 3.05) is 20.7 Å². The molecule has 1 unspecified atom stereocenters. The zero-order chi connectivity index (χ0) is 19.6. The molecule has 1 aliphatic carbocycles. The van der Waals surface area contributed by atoms with E-state index in [0.29, 0.717) is 29.3 Å². The normalized spacial score (nSPS) is 25.3. The average molecular weight is 393 g/mol. The Hall–Kier alpha value is -1.75. The Morgan fingerprint density at radius 3 is 2.56 bits per heavy atom. The second-order valence-corrected chi connectivity index (χ2v) is 8.30. The van der Waals surface area contributed by atoms with Gasteiger partial charge in [0.15, 0.2) is 0 Å². The third kappa shape index (κ3) is 4.23. The van der Waals surface area contributed by atoms with Gasteiger partial charge in [-0.25, -0.2) is 0 Å². The van der Waals surface area contributed by atoms with Crippen LogP contribution in [-0.4, -0.2) is 54.4 Å². The van der Waals surface area contributed by atoms with Gasteiger partial charge < -0.3 is 14.5 Å². The van der Waals surface area contributed by atoms with E-state index in [0.717, 1.165) is 38.0 Å². The molecule has 1 heterocycles. The van der Waals surface area contributed by atoms with Gasteiger partial charge in [-0.05, 0) is 62.6 Å². The highest BCUT2D eigenvalue weighted by atomic mass is 35.5. The fraction of sp³-hybridized carbons (Fsp3) is 0.619. The molecule has 148 valence electrons. The van der Waals surface area contributed by atoms with Crippen LogP contribution in [0, 0.1) is 5.92 Å². The number of hydrogen-bond acceptors (Lipinski definition) is 3.